The van der Waals surface area contributed by atoms with Crippen molar-refractivity contribution < 1.29 is 9.53 Å². The number of methoxy groups -OCH3 is 1. The lowest BCUT2D eigenvalue weighted by Gasteiger charge is -2.17. The average molecular weight is 375 g/mol. The molecule has 1 aliphatic carbocycles. The third kappa shape index (κ3) is 4.44. The summed E-state index contributed by atoms with van der Waals surface area (Å²) in [5, 5.41) is 0.812. The number of thiazole rings is 1. The number of amides is 1. The first kappa shape index (κ1) is 18.0. The maximum atomic E-state index is 12.7. The third-order valence-electron chi connectivity index (χ3n) is 4.10. The molecule has 0 unspecified atom stereocenters. The van der Waals surface area contributed by atoms with Crippen molar-refractivity contribution in [3.63, 3.8) is 0 Å². The van der Waals surface area contributed by atoms with Gasteiger partial charge < -0.3 is 4.74 Å². The van der Waals surface area contributed by atoms with Crippen molar-refractivity contribution in [2.24, 2.45) is 0 Å². The first-order chi connectivity index (χ1) is 12.2. The molecule has 3 rings (SSSR count). The maximum absolute atomic E-state index is 12.7. The molecule has 1 aromatic heterocycles. The van der Waals surface area contributed by atoms with Gasteiger partial charge >= 0.3 is 0 Å². The van der Waals surface area contributed by atoms with E-state index in [9.17, 15) is 4.79 Å². The van der Waals surface area contributed by atoms with Crippen LogP contribution in [0.1, 0.15) is 23.4 Å². The molecule has 0 spiro atoms. The van der Waals surface area contributed by atoms with E-state index in [0.29, 0.717) is 12.3 Å². The summed E-state index contributed by atoms with van der Waals surface area (Å²) in [7, 11) is 1.65. The van der Waals surface area contributed by atoms with Gasteiger partial charge in [0.2, 0.25) is 5.91 Å². The molecule has 25 heavy (non-hydrogen) atoms. The van der Waals surface area contributed by atoms with Gasteiger partial charge in [0, 0.05) is 16.3 Å². The predicted octanol–water partition coefficient (Wildman–Crippen LogP) is 4.34. The number of aryl methyl sites for hydroxylation is 2. The van der Waals surface area contributed by atoms with Crippen LogP contribution < -0.4 is 9.64 Å². The Morgan fingerprint density at radius 3 is 2.80 bits per heavy atom. The Balaban J connectivity index is 1.67. The number of rotatable bonds is 7. The van der Waals surface area contributed by atoms with Gasteiger partial charge in [0.1, 0.15) is 5.75 Å². The van der Waals surface area contributed by atoms with Gasteiger partial charge in [0.15, 0.2) is 5.13 Å². The molecule has 0 saturated heterocycles. The summed E-state index contributed by atoms with van der Waals surface area (Å²) in [6.45, 7) is 4.28. The lowest BCUT2D eigenvalue weighted by Crippen LogP contribution is -2.32. The average Bonchev–Trinajstić information content (AvgIpc) is 3.08. The van der Waals surface area contributed by atoms with Crippen LogP contribution in [0.5, 0.6) is 5.75 Å². The second kappa shape index (κ2) is 8.54. The van der Waals surface area contributed by atoms with E-state index in [1.54, 1.807) is 29.4 Å². The Bertz CT molecular complexity index is 717. The van der Waals surface area contributed by atoms with E-state index < -0.39 is 0 Å². The molecule has 0 atom stereocenters. The predicted molar refractivity (Wildman–Crippen MR) is 105 cm³/mol. The smallest absolute Gasteiger partial charge is 0.239 e. The van der Waals surface area contributed by atoms with Crippen molar-refractivity contribution in [2.45, 2.75) is 30.6 Å². The Kier molecular flexibility index (Phi) is 6.15. The van der Waals surface area contributed by atoms with Crippen LogP contribution in [0.15, 0.2) is 41.8 Å². The van der Waals surface area contributed by atoms with Crippen molar-refractivity contribution in [3.05, 3.63) is 47.5 Å². The fourth-order valence-corrected chi connectivity index (χ4v) is 4.71. The van der Waals surface area contributed by atoms with Crippen LogP contribution in [0.3, 0.4) is 0 Å². The number of carbonyl (C=O) groups excluding carboxylic acids is 1. The summed E-state index contributed by atoms with van der Waals surface area (Å²) >= 11 is 3.19. The molecule has 1 amide bonds. The molecular weight excluding hydrogens is 352 g/mol. The van der Waals surface area contributed by atoms with Crippen LogP contribution in [-0.2, 0) is 17.6 Å². The monoisotopic (exact) mass is 374 g/mol. The molecule has 0 bridgehead atoms. The number of hydrogen-bond donors (Lipinski definition) is 0. The van der Waals surface area contributed by atoms with Crippen molar-refractivity contribution in [2.75, 3.05) is 24.3 Å². The number of hydrogen-bond acceptors (Lipinski definition) is 5. The topological polar surface area (TPSA) is 42.4 Å². The Hall–Kier alpha value is -1.79. The second-order valence-corrected chi connectivity index (χ2v) is 7.94. The van der Waals surface area contributed by atoms with Crippen molar-refractivity contribution in [1.82, 2.24) is 4.98 Å². The van der Waals surface area contributed by atoms with E-state index >= 15 is 0 Å². The lowest BCUT2D eigenvalue weighted by molar-refractivity contribution is -0.116. The summed E-state index contributed by atoms with van der Waals surface area (Å²) in [5.74, 6) is 1.26. The van der Waals surface area contributed by atoms with E-state index in [1.165, 1.54) is 35.2 Å². The molecule has 1 heterocycles. The molecule has 6 heteroatoms. The van der Waals surface area contributed by atoms with E-state index in [4.69, 9.17) is 9.72 Å². The summed E-state index contributed by atoms with van der Waals surface area (Å²) in [4.78, 5) is 21.6. The highest BCUT2D eigenvalue weighted by Gasteiger charge is 2.22. The van der Waals surface area contributed by atoms with Crippen LogP contribution in [0.4, 0.5) is 5.13 Å². The molecule has 1 aromatic carbocycles. The highest BCUT2D eigenvalue weighted by Crippen LogP contribution is 2.32. The standard InChI is InChI=1S/C19H22N2O2S2/c1-3-12-21(19-20-16-6-4-5-7-17(16)25-19)18(22)13-24-15-10-8-14(23-2)9-11-15/h3,8-11H,1,4-7,12-13H2,2H3. The molecule has 0 fully saturated rings. The molecule has 0 N–H and O–H groups in total. The zero-order valence-corrected chi connectivity index (χ0v) is 16.0. The third-order valence-corrected chi connectivity index (χ3v) is 6.28. The van der Waals surface area contributed by atoms with Gasteiger partial charge in [0.25, 0.3) is 0 Å². The van der Waals surface area contributed by atoms with E-state index in [0.717, 1.165) is 28.6 Å². The van der Waals surface area contributed by atoms with Crippen LogP contribution in [-0.4, -0.2) is 30.3 Å². The summed E-state index contributed by atoms with van der Waals surface area (Å²) in [6.07, 6.45) is 6.29. The number of carbonyl (C=O) groups is 1. The quantitative estimate of drug-likeness (QED) is 0.534. The molecule has 132 valence electrons. The van der Waals surface area contributed by atoms with Gasteiger partial charge in [-0.3, -0.25) is 9.69 Å². The van der Waals surface area contributed by atoms with E-state index in [1.807, 2.05) is 24.3 Å². The van der Waals surface area contributed by atoms with Crippen LogP contribution in [0, 0.1) is 0 Å². The first-order valence-corrected chi connectivity index (χ1v) is 10.2. The minimum atomic E-state index is 0.0619. The molecule has 2 aromatic rings. The fourth-order valence-electron chi connectivity index (χ4n) is 2.76. The first-order valence-electron chi connectivity index (χ1n) is 8.38. The van der Waals surface area contributed by atoms with Crippen molar-refractivity contribution >= 4 is 34.1 Å². The Morgan fingerprint density at radius 1 is 1.36 bits per heavy atom. The Labute approximate surface area is 156 Å². The number of nitrogens with zero attached hydrogens (tertiary/aromatic N) is 2. The zero-order valence-electron chi connectivity index (χ0n) is 14.4. The number of aromatic nitrogens is 1. The minimum Gasteiger partial charge on any atom is -0.497 e. The highest BCUT2D eigenvalue weighted by atomic mass is 32.2. The summed E-state index contributed by atoms with van der Waals surface area (Å²) in [6, 6.07) is 7.75. The molecule has 4 nitrogen and oxygen atoms in total. The van der Waals surface area contributed by atoms with Gasteiger partial charge in [-0.1, -0.05) is 6.08 Å². The van der Waals surface area contributed by atoms with Crippen LogP contribution >= 0.6 is 23.1 Å². The largest absolute Gasteiger partial charge is 0.497 e. The number of anilines is 1. The van der Waals surface area contributed by atoms with Gasteiger partial charge in [-0.05, 0) is 49.9 Å². The van der Waals surface area contributed by atoms with Gasteiger partial charge in [0.05, 0.1) is 18.6 Å². The van der Waals surface area contributed by atoms with E-state index in [2.05, 4.69) is 6.58 Å². The number of benzene rings is 1. The van der Waals surface area contributed by atoms with Gasteiger partial charge in [-0.2, -0.15) is 0 Å². The molecular formula is C19H22N2O2S2. The van der Waals surface area contributed by atoms with Crippen molar-refractivity contribution in [1.29, 1.82) is 0 Å². The molecule has 0 radical (unpaired) electrons. The molecule has 0 aliphatic heterocycles. The second-order valence-electron chi connectivity index (χ2n) is 5.83. The highest BCUT2D eigenvalue weighted by molar-refractivity contribution is 8.00. The van der Waals surface area contributed by atoms with E-state index in [-0.39, 0.29) is 5.91 Å². The number of fused-ring (bicyclic) bond motifs is 1. The van der Waals surface area contributed by atoms with Gasteiger partial charge in [-0.15, -0.1) is 29.7 Å². The molecule has 0 saturated carbocycles. The SMILES string of the molecule is C=CCN(C(=O)CSc1ccc(OC)cc1)c1nc2c(s1)CCCC2. The maximum Gasteiger partial charge on any atom is 0.239 e. The van der Waals surface area contributed by atoms with Crippen LogP contribution in [0.2, 0.25) is 0 Å². The number of thioether (sulfide) groups is 1. The minimum absolute atomic E-state index is 0.0619. The normalized spacial score (nSPS) is 13.2. The fraction of sp³-hybridized carbons (Fsp3) is 0.368. The lowest BCUT2D eigenvalue weighted by atomic mass is 10.0. The Morgan fingerprint density at radius 2 is 2.12 bits per heavy atom. The van der Waals surface area contributed by atoms with Gasteiger partial charge in [-0.25, -0.2) is 4.98 Å². The molecule has 1 aliphatic rings. The van der Waals surface area contributed by atoms with Crippen molar-refractivity contribution in [3.8, 4) is 5.75 Å². The number of ether oxygens (including phenoxy) is 1. The summed E-state index contributed by atoms with van der Waals surface area (Å²) < 4.78 is 5.16. The van der Waals surface area contributed by atoms with Crippen LogP contribution in [0.25, 0.3) is 0 Å². The zero-order chi connectivity index (χ0) is 17.6. The summed E-state index contributed by atoms with van der Waals surface area (Å²) in [5.41, 5.74) is 1.18.